The van der Waals surface area contributed by atoms with E-state index in [4.69, 9.17) is 0 Å². The number of nitrogens with one attached hydrogen (secondary N) is 1. The van der Waals surface area contributed by atoms with Crippen LogP contribution in [0.1, 0.15) is 38.5 Å². The van der Waals surface area contributed by atoms with E-state index in [1.165, 1.54) is 23.9 Å². The standard InChI is InChI=1S/C21H25N3O2S/c25-19-4-3-17(18-2-1-7-27-18)23-24(19)6-5-22-20(26)21-11-14-8-15(12-21)10-16(9-14)13-21/h1-4,7,14-16H,5-6,8-13H2,(H,22,26). The Morgan fingerprint density at radius 1 is 1.15 bits per heavy atom. The molecular weight excluding hydrogens is 358 g/mol. The van der Waals surface area contributed by atoms with Gasteiger partial charge in [-0.3, -0.25) is 9.59 Å². The Morgan fingerprint density at radius 2 is 1.85 bits per heavy atom. The number of aromatic nitrogens is 2. The van der Waals surface area contributed by atoms with Crippen LogP contribution in [0, 0.1) is 23.2 Å². The van der Waals surface area contributed by atoms with E-state index in [0.29, 0.717) is 13.1 Å². The number of hydrogen-bond donors (Lipinski definition) is 1. The Labute approximate surface area is 162 Å². The molecule has 0 aliphatic heterocycles. The fraction of sp³-hybridized carbons (Fsp3) is 0.571. The maximum absolute atomic E-state index is 13.0. The van der Waals surface area contributed by atoms with Crippen molar-refractivity contribution >= 4 is 17.2 Å². The molecule has 4 aliphatic carbocycles. The predicted octanol–water partition coefficient (Wildman–Crippen LogP) is 3.30. The summed E-state index contributed by atoms with van der Waals surface area (Å²) in [4.78, 5) is 26.2. The lowest BCUT2D eigenvalue weighted by molar-refractivity contribution is -0.146. The van der Waals surface area contributed by atoms with E-state index in [1.54, 1.807) is 23.5 Å². The van der Waals surface area contributed by atoms with Crippen LogP contribution in [0.3, 0.4) is 0 Å². The summed E-state index contributed by atoms with van der Waals surface area (Å²) >= 11 is 1.60. The summed E-state index contributed by atoms with van der Waals surface area (Å²) in [6, 6.07) is 7.29. The maximum Gasteiger partial charge on any atom is 0.266 e. The van der Waals surface area contributed by atoms with Gasteiger partial charge >= 0.3 is 0 Å². The number of carbonyl (C=O) groups excluding carboxylic acids is 1. The van der Waals surface area contributed by atoms with Crippen LogP contribution < -0.4 is 10.9 Å². The zero-order valence-electron chi connectivity index (χ0n) is 15.4. The molecule has 1 N–H and O–H groups in total. The number of nitrogens with zero attached hydrogens (tertiary/aromatic N) is 2. The van der Waals surface area contributed by atoms with Gasteiger partial charge in [-0.15, -0.1) is 11.3 Å². The monoisotopic (exact) mass is 383 g/mol. The van der Waals surface area contributed by atoms with Gasteiger partial charge in [0.05, 0.1) is 11.4 Å². The molecule has 2 aromatic rings. The number of carbonyl (C=O) groups is 1. The van der Waals surface area contributed by atoms with Gasteiger partial charge in [-0.25, -0.2) is 4.68 Å². The van der Waals surface area contributed by atoms with Gasteiger partial charge in [0, 0.05) is 18.0 Å². The molecule has 2 aromatic heterocycles. The first-order valence-electron chi connectivity index (χ1n) is 10.0. The van der Waals surface area contributed by atoms with Crippen LogP contribution in [0.15, 0.2) is 34.4 Å². The van der Waals surface area contributed by atoms with Gasteiger partial charge in [0.25, 0.3) is 5.56 Å². The zero-order valence-corrected chi connectivity index (χ0v) is 16.2. The van der Waals surface area contributed by atoms with Crippen LogP contribution in [-0.2, 0) is 11.3 Å². The van der Waals surface area contributed by atoms with Gasteiger partial charge < -0.3 is 5.32 Å². The fourth-order valence-electron chi connectivity index (χ4n) is 6.02. The quantitative estimate of drug-likeness (QED) is 0.862. The molecule has 6 heteroatoms. The molecule has 27 heavy (non-hydrogen) atoms. The van der Waals surface area contributed by atoms with Crippen molar-refractivity contribution in [2.45, 2.75) is 45.1 Å². The average molecular weight is 384 g/mol. The molecule has 2 heterocycles. The largest absolute Gasteiger partial charge is 0.354 e. The molecule has 0 saturated heterocycles. The van der Waals surface area contributed by atoms with E-state index in [2.05, 4.69) is 10.4 Å². The Kier molecular flexibility index (Phi) is 4.19. The van der Waals surface area contributed by atoms with Crippen LogP contribution in [0.2, 0.25) is 0 Å². The van der Waals surface area contributed by atoms with Gasteiger partial charge in [-0.2, -0.15) is 5.10 Å². The van der Waals surface area contributed by atoms with Crippen LogP contribution in [0.5, 0.6) is 0 Å². The first-order chi connectivity index (χ1) is 13.1. The second kappa shape index (κ2) is 6.59. The number of thiophene rings is 1. The SMILES string of the molecule is O=C(NCCn1nc(-c2cccs2)ccc1=O)C12CC3CC(CC(C3)C1)C2. The molecule has 0 radical (unpaired) electrons. The smallest absolute Gasteiger partial charge is 0.266 e. The van der Waals surface area contributed by atoms with Crippen molar-refractivity contribution in [1.82, 2.24) is 15.1 Å². The minimum Gasteiger partial charge on any atom is -0.354 e. The second-order valence-electron chi connectivity index (χ2n) is 8.71. The molecule has 6 rings (SSSR count). The van der Waals surface area contributed by atoms with Crippen LogP contribution in [-0.4, -0.2) is 22.2 Å². The number of hydrogen-bond acceptors (Lipinski definition) is 4. The summed E-state index contributed by atoms with van der Waals surface area (Å²) in [6.07, 6.45) is 7.20. The molecule has 4 bridgehead atoms. The van der Waals surface area contributed by atoms with Crippen molar-refractivity contribution in [3.8, 4) is 10.6 Å². The van der Waals surface area contributed by atoms with Crippen LogP contribution in [0.25, 0.3) is 10.6 Å². The average Bonchev–Trinajstić information content (AvgIpc) is 3.16. The van der Waals surface area contributed by atoms with Gasteiger partial charge in [0.1, 0.15) is 5.69 Å². The summed E-state index contributed by atoms with van der Waals surface area (Å²) in [6.45, 7) is 0.873. The summed E-state index contributed by atoms with van der Waals surface area (Å²) in [5, 5.41) is 9.60. The highest BCUT2D eigenvalue weighted by atomic mass is 32.1. The Morgan fingerprint density at radius 3 is 2.48 bits per heavy atom. The van der Waals surface area contributed by atoms with Crippen molar-refractivity contribution in [2.75, 3.05) is 6.54 Å². The van der Waals surface area contributed by atoms with Gasteiger partial charge in [-0.1, -0.05) is 6.07 Å². The lowest BCUT2D eigenvalue weighted by atomic mass is 9.49. The zero-order chi connectivity index (χ0) is 18.4. The minimum atomic E-state index is -0.133. The highest BCUT2D eigenvalue weighted by Gasteiger charge is 2.54. The Bertz CT molecular complexity index is 867. The highest BCUT2D eigenvalue weighted by molar-refractivity contribution is 7.13. The first-order valence-corrected chi connectivity index (χ1v) is 10.9. The molecule has 4 aliphatic rings. The van der Waals surface area contributed by atoms with Crippen molar-refractivity contribution in [3.63, 3.8) is 0 Å². The van der Waals surface area contributed by atoms with Gasteiger partial charge in [-0.05, 0) is 73.8 Å². The van der Waals surface area contributed by atoms with Gasteiger partial charge in [0.15, 0.2) is 0 Å². The Hall–Kier alpha value is -1.95. The lowest BCUT2D eigenvalue weighted by Crippen LogP contribution is -2.54. The van der Waals surface area contributed by atoms with E-state index >= 15 is 0 Å². The van der Waals surface area contributed by atoms with Crippen molar-refractivity contribution in [1.29, 1.82) is 0 Å². The minimum absolute atomic E-state index is 0.126. The van der Waals surface area contributed by atoms with E-state index in [0.717, 1.165) is 47.6 Å². The molecule has 5 nitrogen and oxygen atoms in total. The topological polar surface area (TPSA) is 64.0 Å². The molecule has 0 unspecified atom stereocenters. The lowest BCUT2D eigenvalue weighted by Gasteiger charge is -2.55. The second-order valence-corrected chi connectivity index (χ2v) is 9.66. The molecule has 142 valence electrons. The van der Waals surface area contributed by atoms with Crippen LogP contribution >= 0.6 is 11.3 Å². The van der Waals surface area contributed by atoms with E-state index in [-0.39, 0.29) is 16.9 Å². The molecule has 1 amide bonds. The van der Waals surface area contributed by atoms with E-state index in [1.807, 2.05) is 17.5 Å². The van der Waals surface area contributed by atoms with E-state index < -0.39 is 0 Å². The normalized spacial score (nSPS) is 31.2. The van der Waals surface area contributed by atoms with Crippen molar-refractivity contribution < 1.29 is 4.79 Å². The molecular formula is C21H25N3O2S. The third-order valence-corrected chi connectivity index (χ3v) is 7.66. The number of amides is 1. The molecule has 4 fully saturated rings. The first kappa shape index (κ1) is 17.2. The summed E-state index contributed by atoms with van der Waals surface area (Å²) in [5.74, 6) is 2.49. The predicted molar refractivity (Wildman–Crippen MR) is 105 cm³/mol. The van der Waals surface area contributed by atoms with Crippen molar-refractivity contribution in [3.05, 3.63) is 40.0 Å². The molecule has 4 saturated carbocycles. The summed E-state index contributed by atoms with van der Waals surface area (Å²) in [5.41, 5.74) is 0.544. The molecule has 0 aromatic carbocycles. The summed E-state index contributed by atoms with van der Waals surface area (Å²) in [7, 11) is 0. The highest BCUT2D eigenvalue weighted by Crippen LogP contribution is 2.60. The molecule has 0 atom stereocenters. The third-order valence-electron chi connectivity index (χ3n) is 6.77. The van der Waals surface area contributed by atoms with Crippen molar-refractivity contribution in [2.24, 2.45) is 23.2 Å². The Balaban J connectivity index is 1.25. The molecule has 0 spiro atoms. The summed E-state index contributed by atoms with van der Waals surface area (Å²) < 4.78 is 1.47. The maximum atomic E-state index is 13.0. The fourth-order valence-corrected chi connectivity index (χ4v) is 6.71. The number of rotatable bonds is 5. The van der Waals surface area contributed by atoms with Gasteiger partial charge in [0.2, 0.25) is 5.91 Å². The van der Waals surface area contributed by atoms with Crippen LogP contribution in [0.4, 0.5) is 0 Å². The van der Waals surface area contributed by atoms with E-state index in [9.17, 15) is 9.59 Å². The third kappa shape index (κ3) is 3.14.